The van der Waals surface area contributed by atoms with Gasteiger partial charge < -0.3 is 4.74 Å². The molecule has 0 fully saturated rings. The number of nitrogens with one attached hydrogen (secondary N) is 1. The molecule has 0 saturated heterocycles. The third kappa shape index (κ3) is 3.83. The molecule has 158 valence electrons. The fraction of sp³-hybridized carbons (Fsp3) is 0.421. The predicted octanol–water partition coefficient (Wildman–Crippen LogP) is 3.98. The summed E-state index contributed by atoms with van der Waals surface area (Å²) >= 11 is 0. The molecule has 0 bridgehead atoms. The number of hydrogen-bond acceptors (Lipinski definition) is 4. The molecule has 1 aliphatic heterocycles. The zero-order chi connectivity index (χ0) is 21.7. The van der Waals surface area contributed by atoms with Gasteiger partial charge in [-0.3, -0.25) is 4.98 Å². The van der Waals surface area contributed by atoms with Crippen LogP contribution in [0.15, 0.2) is 36.5 Å². The summed E-state index contributed by atoms with van der Waals surface area (Å²) in [4.78, 5) is 4.20. The second-order valence-corrected chi connectivity index (χ2v) is 10.2. The predicted molar refractivity (Wildman–Crippen MR) is 98.3 cm³/mol. The van der Waals surface area contributed by atoms with Gasteiger partial charge in [-0.1, -0.05) is 6.07 Å². The van der Waals surface area contributed by atoms with E-state index in [0.717, 1.165) is 6.07 Å². The summed E-state index contributed by atoms with van der Waals surface area (Å²) in [5, 5.41) is 0. The van der Waals surface area contributed by atoms with Crippen LogP contribution in [-0.2, 0) is 21.7 Å². The number of aromatic nitrogens is 1. The van der Waals surface area contributed by atoms with Crippen molar-refractivity contribution in [3.05, 3.63) is 59.2 Å². The molecule has 3 rings (SSSR count). The van der Waals surface area contributed by atoms with Gasteiger partial charge in [-0.05, 0) is 50.6 Å². The summed E-state index contributed by atoms with van der Waals surface area (Å²) in [6, 6.07) is 5.57. The van der Waals surface area contributed by atoms with Crippen LogP contribution < -0.4 is 9.46 Å². The molecule has 0 aliphatic carbocycles. The van der Waals surface area contributed by atoms with Crippen LogP contribution >= 0.6 is 0 Å². The lowest BCUT2D eigenvalue weighted by molar-refractivity contribution is -0.140. The average molecular weight is 432 g/mol. The fourth-order valence-electron chi connectivity index (χ4n) is 3.09. The fourth-order valence-corrected chi connectivity index (χ4v) is 4.17. The average Bonchev–Trinajstić information content (AvgIpc) is 2.60. The topological polar surface area (TPSA) is 68.3 Å². The molecule has 29 heavy (non-hydrogen) atoms. The SMILES string of the molecule is CC(C)(C)S(=O)(=O)N[C@]1(c2ccc(F)c(C(F)(F)F)c2)CCOc2cccnc21. The van der Waals surface area contributed by atoms with Crippen LogP contribution in [0, 0.1) is 5.82 Å². The van der Waals surface area contributed by atoms with Crippen molar-refractivity contribution in [2.24, 2.45) is 0 Å². The van der Waals surface area contributed by atoms with Crippen LogP contribution in [0.2, 0.25) is 0 Å². The Morgan fingerprint density at radius 1 is 1.17 bits per heavy atom. The van der Waals surface area contributed by atoms with Gasteiger partial charge >= 0.3 is 6.18 Å². The van der Waals surface area contributed by atoms with Crippen molar-refractivity contribution in [3.8, 4) is 5.75 Å². The molecule has 1 N–H and O–H groups in total. The van der Waals surface area contributed by atoms with Crippen LogP contribution in [0.4, 0.5) is 17.6 Å². The lowest BCUT2D eigenvalue weighted by atomic mass is 9.82. The first-order valence-electron chi connectivity index (χ1n) is 8.77. The highest BCUT2D eigenvalue weighted by molar-refractivity contribution is 7.90. The van der Waals surface area contributed by atoms with E-state index in [-0.39, 0.29) is 30.0 Å². The summed E-state index contributed by atoms with van der Waals surface area (Å²) in [7, 11) is -4.03. The van der Waals surface area contributed by atoms with Gasteiger partial charge in [0.05, 0.1) is 16.9 Å². The van der Waals surface area contributed by atoms with Crippen LogP contribution in [-0.4, -0.2) is 24.8 Å². The number of nitrogens with zero attached hydrogens (tertiary/aromatic N) is 1. The van der Waals surface area contributed by atoms with Crippen molar-refractivity contribution < 1.29 is 30.7 Å². The number of fused-ring (bicyclic) bond motifs is 1. The first-order chi connectivity index (χ1) is 13.3. The Bertz CT molecular complexity index is 1030. The van der Waals surface area contributed by atoms with E-state index in [1.807, 2.05) is 0 Å². The van der Waals surface area contributed by atoms with Gasteiger partial charge in [0.1, 0.15) is 22.8 Å². The van der Waals surface area contributed by atoms with E-state index in [1.54, 1.807) is 12.1 Å². The summed E-state index contributed by atoms with van der Waals surface area (Å²) < 4.78 is 86.7. The lowest BCUT2D eigenvalue weighted by Crippen LogP contribution is -2.54. The minimum absolute atomic E-state index is 0.0186. The van der Waals surface area contributed by atoms with Crippen molar-refractivity contribution in [1.82, 2.24) is 9.71 Å². The monoisotopic (exact) mass is 432 g/mol. The summed E-state index contributed by atoms with van der Waals surface area (Å²) in [5.74, 6) is -1.20. The second kappa shape index (κ2) is 6.94. The van der Waals surface area contributed by atoms with Gasteiger partial charge in [0.15, 0.2) is 0 Å². The first kappa shape index (κ1) is 21.5. The van der Waals surface area contributed by atoms with Crippen LogP contribution in [0.3, 0.4) is 0 Å². The number of pyridine rings is 1. The van der Waals surface area contributed by atoms with Crippen molar-refractivity contribution >= 4 is 10.0 Å². The van der Waals surface area contributed by atoms with Gasteiger partial charge in [-0.15, -0.1) is 0 Å². The molecule has 0 saturated carbocycles. The van der Waals surface area contributed by atoms with E-state index < -0.39 is 37.9 Å². The van der Waals surface area contributed by atoms with Gasteiger partial charge in [-0.25, -0.2) is 12.8 Å². The van der Waals surface area contributed by atoms with Crippen molar-refractivity contribution in [1.29, 1.82) is 0 Å². The zero-order valence-electron chi connectivity index (χ0n) is 16.0. The normalized spacial score (nSPS) is 20.1. The molecule has 0 radical (unpaired) electrons. The van der Waals surface area contributed by atoms with E-state index >= 15 is 0 Å². The van der Waals surface area contributed by atoms with E-state index in [9.17, 15) is 26.0 Å². The summed E-state index contributed by atoms with van der Waals surface area (Å²) in [6.45, 7) is 4.43. The number of hydrogen-bond donors (Lipinski definition) is 1. The highest BCUT2D eigenvalue weighted by Gasteiger charge is 2.47. The smallest absolute Gasteiger partial charge is 0.419 e. The molecule has 2 heterocycles. The largest absolute Gasteiger partial charge is 0.491 e. The molecule has 1 aliphatic rings. The Hall–Kier alpha value is -2.20. The maximum absolute atomic E-state index is 13.9. The van der Waals surface area contributed by atoms with E-state index in [2.05, 4.69) is 9.71 Å². The van der Waals surface area contributed by atoms with Gasteiger partial charge in [0.2, 0.25) is 10.0 Å². The van der Waals surface area contributed by atoms with E-state index in [1.165, 1.54) is 27.0 Å². The highest BCUT2D eigenvalue weighted by atomic mass is 32.2. The molecule has 10 heteroatoms. The van der Waals surface area contributed by atoms with Crippen LogP contribution in [0.5, 0.6) is 5.75 Å². The Morgan fingerprint density at radius 2 is 1.86 bits per heavy atom. The molecule has 1 aromatic heterocycles. The highest BCUT2D eigenvalue weighted by Crippen LogP contribution is 2.43. The maximum Gasteiger partial charge on any atom is 0.419 e. The quantitative estimate of drug-likeness (QED) is 0.745. The van der Waals surface area contributed by atoms with Crippen molar-refractivity contribution in [2.75, 3.05) is 6.61 Å². The molecular weight excluding hydrogens is 412 g/mol. The van der Waals surface area contributed by atoms with Gasteiger partial charge in [0.25, 0.3) is 0 Å². The Labute approximate surface area is 166 Å². The summed E-state index contributed by atoms with van der Waals surface area (Å²) in [5.41, 5.74) is -3.07. The van der Waals surface area contributed by atoms with Crippen molar-refractivity contribution in [3.63, 3.8) is 0 Å². The molecular formula is C19H20F4N2O3S. The zero-order valence-corrected chi connectivity index (χ0v) is 16.8. The minimum atomic E-state index is -4.94. The molecule has 0 unspecified atom stereocenters. The Morgan fingerprint density at radius 3 is 2.48 bits per heavy atom. The molecule has 1 atom stereocenters. The molecule has 5 nitrogen and oxygen atoms in total. The van der Waals surface area contributed by atoms with Crippen molar-refractivity contribution in [2.45, 2.75) is 43.7 Å². The first-order valence-corrected chi connectivity index (χ1v) is 10.3. The number of halogens is 4. The summed E-state index contributed by atoms with van der Waals surface area (Å²) in [6.07, 6.45) is -3.57. The molecule has 0 amide bonds. The van der Waals surface area contributed by atoms with Gasteiger partial charge in [0, 0.05) is 12.6 Å². The number of alkyl halides is 3. The third-order valence-electron chi connectivity index (χ3n) is 4.79. The minimum Gasteiger partial charge on any atom is -0.491 e. The standard InChI is InChI=1S/C19H20F4N2O3S/c1-17(2,3)29(26,27)25-18(8-10-28-15-5-4-9-24-16(15)18)12-6-7-14(20)13(11-12)19(21,22)23/h4-7,9,11,25H,8,10H2,1-3H3/t18-/m0/s1. The van der Waals surface area contributed by atoms with Crippen LogP contribution in [0.25, 0.3) is 0 Å². The molecule has 0 spiro atoms. The maximum atomic E-state index is 13.9. The van der Waals surface area contributed by atoms with E-state index in [0.29, 0.717) is 12.1 Å². The number of ether oxygens (including phenoxy) is 1. The number of benzene rings is 1. The van der Waals surface area contributed by atoms with E-state index in [4.69, 9.17) is 4.74 Å². The Balaban J connectivity index is 2.30. The third-order valence-corrected chi connectivity index (χ3v) is 7.02. The van der Waals surface area contributed by atoms with Gasteiger partial charge in [-0.2, -0.15) is 17.9 Å². The number of sulfonamides is 1. The Kier molecular flexibility index (Phi) is 5.15. The lowest BCUT2D eigenvalue weighted by Gasteiger charge is -2.40. The molecule has 2 aromatic rings. The molecule has 1 aromatic carbocycles. The second-order valence-electron chi connectivity index (χ2n) is 7.76. The van der Waals surface area contributed by atoms with Crippen LogP contribution in [0.1, 0.15) is 44.0 Å². The number of rotatable bonds is 3.